The van der Waals surface area contributed by atoms with Gasteiger partial charge in [-0.2, -0.15) is 0 Å². The van der Waals surface area contributed by atoms with Crippen LogP contribution < -0.4 is 5.73 Å². The van der Waals surface area contributed by atoms with Gasteiger partial charge in [-0.05, 0) is 25.0 Å². The Morgan fingerprint density at radius 2 is 2.44 bits per heavy atom. The molecule has 5 nitrogen and oxygen atoms in total. The lowest BCUT2D eigenvalue weighted by molar-refractivity contribution is 0.0839. The number of rotatable bonds is 3. The van der Waals surface area contributed by atoms with Crippen molar-refractivity contribution in [1.82, 2.24) is 14.5 Å². The third-order valence-corrected chi connectivity index (χ3v) is 3.70. The summed E-state index contributed by atoms with van der Waals surface area (Å²) in [6, 6.07) is 3.82. The molecule has 1 saturated heterocycles. The molecule has 0 amide bonds. The van der Waals surface area contributed by atoms with Crippen LogP contribution in [0.5, 0.6) is 0 Å². The van der Waals surface area contributed by atoms with Gasteiger partial charge in [-0.25, -0.2) is 9.97 Å². The van der Waals surface area contributed by atoms with Crippen molar-refractivity contribution in [3.63, 3.8) is 0 Å². The van der Waals surface area contributed by atoms with E-state index in [4.69, 9.17) is 10.5 Å². The van der Waals surface area contributed by atoms with Crippen molar-refractivity contribution in [1.29, 1.82) is 0 Å². The van der Waals surface area contributed by atoms with E-state index >= 15 is 0 Å². The van der Waals surface area contributed by atoms with Crippen molar-refractivity contribution in [2.24, 2.45) is 5.92 Å². The molecule has 3 rings (SSSR count). The van der Waals surface area contributed by atoms with E-state index in [0.717, 1.165) is 37.2 Å². The first-order valence-electron chi connectivity index (χ1n) is 6.48. The van der Waals surface area contributed by atoms with Crippen molar-refractivity contribution < 1.29 is 4.74 Å². The molecule has 0 bridgehead atoms. The molecular weight excluding hydrogens is 228 g/mol. The van der Waals surface area contributed by atoms with Gasteiger partial charge in [-0.3, -0.25) is 4.57 Å². The van der Waals surface area contributed by atoms with E-state index in [9.17, 15) is 0 Å². The number of imidazole rings is 1. The highest BCUT2D eigenvalue weighted by atomic mass is 16.5. The highest BCUT2D eigenvalue weighted by Gasteiger charge is 2.28. The third kappa shape index (κ3) is 1.84. The summed E-state index contributed by atoms with van der Waals surface area (Å²) in [4.78, 5) is 8.72. The van der Waals surface area contributed by atoms with Gasteiger partial charge < -0.3 is 10.5 Å². The number of fused-ring (bicyclic) bond motifs is 1. The van der Waals surface area contributed by atoms with Gasteiger partial charge >= 0.3 is 0 Å². The van der Waals surface area contributed by atoms with Crippen LogP contribution in [-0.4, -0.2) is 27.2 Å². The van der Waals surface area contributed by atoms with Crippen LogP contribution in [0.2, 0.25) is 0 Å². The van der Waals surface area contributed by atoms with Gasteiger partial charge in [0.05, 0.1) is 6.10 Å². The Balaban J connectivity index is 1.92. The number of nitrogen functional groups attached to an aromatic ring is 1. The summed E-state index contributed by atoms with van der Waals surface area (Å²) in [6.07, 6.45) is 4.25. The Kier molecular flexibility index (Phi) is 2.91. The standard InChI is InChI=1S/C13H18N4O/c1-2-11-9(5-7-18-11)8-17-12-10(16-13(17)14)4-3-6-15-12/h3-4,6,9,11H,2,5,7-8H2,1H3,(H2,14,16). The van der Waals surface area contributed by atoms with E-state index in [-0.39, 0.29) is 0 Å². The summed E-state index contributed by atoms with van der Waals surface area (Å²) in [5.41, 5.74) is 7.72. The zero-order valence-electron chi connectivity index (χ0n) is 10.5. The van der Waals surface area contributed by atoms with E-state index < -0.39 is 0 Å². The first-order chi connectivity index (χ1) is 8.79. The molecule has 1 aliphatic heterocycles. The zero-order valence-corrected chi connectivity index (χ0v) is 10.5. The quantitative estimate of drug-likeness (QED) is 0.897. The number of hydrogen-bond acceptors (Lipinski definition) is 4. The molecule has 1 fully saturated rings. The first kappa shape index (κ1) is 11.5. The van der Waals surface area contributed by atoms with Crippen LogP contribution in [0.4, 0.5) is 5.95 Å². The molecule has 2 N–H and O–H groups in total. The number of hydrogen-bond donors (Lipinski definition) is 1. The molecule has 5 heteroatoms. The van der Waals surface area contributed by atoms with Crippen LogP contribution in [0.3, 0.4) is 0 Å². The minimum absolute atomic E-state index is 0.338. The fraction of sp³-hybridized carbons (Fsp3) is 0.538. The van der Waals surface area contributed by atoms with Crippen LogP contribution in [0.15, 0.2) is 18.3 Å². The first-order valence-corrected chi connectivity index (χ1v) is 6.48. The number of anilines is 1. The predicted molar refractivity (Wildman–Crippen MR) is 70.1 cm³/mol. The lowest BCUT2D eigenvalue weighted by Crippen LogP contribution is -2.21. The summed E-state index contributed by atoms with van der Waals surface area (Å²) in [7, 11) is 0. The Labute approximate surface area is 106 Å². The summed E-state index contributed by atoms with van der Waals surface area (Å²) in [6.45, 7) is 3.86. The lowest BCUT2D eigenvalue weighted by atomic mass is 9.99. The Morgan fingerprint density at radius 3 is 3.28 bits per heavy atom. The van der Waals surface area contributed by atoms with Crippen LogP contribution >= 0.6 is 0 Å². The Morgan fingerprint density at radius 1 is 1.56 bits per heavy atom. The molecule has 2 aromatic heterocycles. The maximum absolute atomic E-state index is 5.99. The molecule has 0 aromatic carbocycles. The van der Waals surface area contributed by atoms with E-state index in [1.807, 2.05) is 16.7 Å². The van der Waals surface area contributed by atoms with E-state index in [1.54, 1.807) is 6.20 Å². The molecule has 0 spiro atoms. The van der Waals surface area contributed by atoms with Crippen molar-refractivity contribution in [3.05, 3.63) is 18.3 Å². The van der Waals surface area contributed by atoms with E-state index in [1.165, 1.54) is 0 Å². The Bertz CT molecular complexity index is 551. The summed E-state index contributed by atoms with van der Waals surface area (Å²) in [5.74, 6) is 1.06. The van der Waals surface area contributed by atoms with Crippen LogP contribution in [-0.2, 0) is 11.3 Å². The fourth-order valence-corrected chi connectivity index (χ4v) is 2.74. The van der Waals surface area contributed by atoms with Crippen molar-refractivity contribution >= 4 is 17.1 Å². The topological polar surface area (TPSA) is 66.0 Å². The molecule has 2 atom stereocenters. The maximum Gasteiger partial charge on any atom is 0.202 e. The summed E-state index contributed by atoms with van der Waals surface area (Å²) in [5, 5.41) is 0. The summed E-state index contributed by atoms with van der Waals surface area (Å²) >= 11 is 0. The smallest absolute Gasteiger partial charge is 0.202 e. The molecule has 2 unspecified atom stereocenters. The van der Waals surface area contributed by atoms with Gasteiger partial charge in [0.25, 0.3) is 0 Å². The summed E-state index contributed by atoms with van der Waals surface area (Å²) < 4.78 is 7.73. The largest absolute Gasteiger partial charge is 0.378 e. The molecule has 2 aromatic rings. The fourth-order valence-electron chi connectivity index (χ4n) is 2.74. The molecule has 3 heterocycles. The molecule has 96 valence electrons. The molecule has 1 aliphatic rings. The van der Waals surface area contributed by atoms with Gasteiger partial charge in [0.2, 0.25) is 5.95 Å². The van der Waals surface area contributed by atoms with Crippen molar-refractivity contribution in [3.8, 4) is 0 Å². The Hall–Kier alpha value is -1.62. The van der Waals surface area contributed by atoms with Gasteiger partial charge in [-0.15, -0.1) is 0 Å². The second-order valence-corrected chi connectivity index (χ2v) is 4.79. The predicted octanol–water partition coefficient (Wildman–Crippen LogP) is 1.83. The van der Waals surface area contributed by atoms with Gasteiger partial charge in [0, 0.05) is 25.3 Å². The van der Waals surface area contributed by atoms with Crippen molar-refractivity contribution in [2.75, 3.05) is 12.3 Å². The molecule has 0 radical (unpaired) electrons. The number of pyridine rings is 1. The van der Waals surface area contributed by atoms with E-state index in [0.29, 0.717) is 18.0 Å². The third-order valence-electron chi connectivity index (χ3n) is 3.70. The van der Waals surface area contributed by atoms with Gasteiger partial charge in [0.1, 0.15) is 5.52 Å². The van der Waals surface area contributed by atoms with Gasteiger partial charge in [-0.1, -0.05) is 6.92 Å². The second-order valence-electron chi connectivity index (χ2n) is 4.79. The van der Waals surface area contributed by atoms with Crippen molar-refractivity contribution in [2.45, 2.75) is 32.4 Å². The number of ether oxygens (including phenoxy) is 1. The zero-order chi connectivity index (χ0) is 12.5. The van der Waals surface area contributed by atoms with Crippen LogP contribution in [0, 0.1) is 5.92 Å². The van der Waals surface area contributed by atoms with Crippen LogP contribution in [0.1, 0.15) is 19.8 Å². The molecular formula is C13H18N4O. The normalized spacial score (nSPS) is 23.8. The molecule has 0 aliphatic carbocycles. The second kappa shape index (κ2) is 4.57. The van der Waals surface area contributed by atoms with Gasteiger partial charge in [0.15, 0.2) is 5.65 Å². The average Bonchev–Trinajstić information content (AvgIpc) is 2.95. The minimum atomic E-state index is 0.338. The maximum atomic E-state index is 5.99. The number of nitrogens with two attached hydrogens (primary N) is 1. The number of nitrogens with zero attached hydrogens (tertiary/aromatic N) is 3. The monoisotopic (exact) mass is 246 g/mol. The van der Waals surface area contributed by atoms with E-state index in [2.05, 4.69) is 16.9 Å². The lowest BCUT2D eigenvalue weighted by Gasteiger charge is -2.17. The minimum Gasteiger partial charge on any atom is -0.378 e. The molecule has 0 saturated carbocycles. The highest BCUT2D eigenvalue weighted by Crippen LogP contribution is 2.27. The SMILES string of the molecule is CCC1OCCC1Cn1c(N)nc2cccnc21. The number of aromatic nitrogens is 3. The van der Waals surface area contributed by atoms with Crippen LogP contribution in [0.25, 0.3) is 11.2 Å². The molecule has 18 heavy (non-hydrogen) atoms. The highest BCUT2D eigenvalue weighted by molar-refractivity contribution is 5.73. The average molecular weight is 246 g/mol.